The highest BCUT2D eigenvalue weighted by molar-refractivity contribution is 6.08. The van der Waals surface area contributed by atoms with Gasteiger partial charge in [-0.05, 0) is 65.2 Å². The number of anilines is 1. The Morgan fingerprint density at radius 2 is 1.48 bits per heavy atom. The van der Waals surface area contributed by atoms with Gasteiger partial charge in [-0.2, -0.15) is 0 Å². The Hall–Kier alpha value is -3.92. The number of rotatable bonds is 4. The predicted octanol–water partition coefficient (Wildman–Crippen LogP) is 5.77. The lowest BCUT2D eigenvalue weighted by atomic mass is 9.96. The van der Waals surface area contributed by atoms with Crippen LogP contribution in [0.1, 0.15) is 26.3 Å². The van der Waals surface area contributed by atoms with E-state index in [1.54, 1.807) is 18.2 Å². The van der Waals surface area contributed by atoms with E-state index >= 15 is 0 Å². The van der Waals surface area contributed by atoms with E-state index in [4.69, 9.17) is 5.11 Å². The number of carboxylic acids is 1. The van der Waals surface area contributed by atoms with Crippen LogP contribution in [0.25, 0.3) is 21.9 Å². The summed E-state index contributed by atoms with van der Waals surface area (Å²) in [5.74, 6) is -1.24. The zero-order chi connectivity index (χ0) is 20.4. The van der Waals surface area contributed by atoms with E-state index in [-0.39, 0.29) is 11.5 Å². The van der Waals surface area contributed by atoms with Gasteiger partial charge in [-0.25, -0.2) is 4.79 Å². The molecule has 4 aromatic rings. The average molecular weight is 381 g/mol. The van der Waals surface area contributed by atoms with E-state index in [0.29, 0.717) is 11.3 Å². The van der Waals surface area contributed by atoms with Crippen molar-refractivity contribution in [2.24, 2.45) is 0 Å². The number of amides is 1. The molecule has 4 nitrogen and oxygen atoms in total. The van der Waals surface area contributed by atoms with E-state index in [1.807, 2.05) is 24.3 Å². The first kappa shape index (κ1) is 18.4. The minimum Gasteiger partial charge on any atom is -0.478 e. The first-order valence-corrected chi connectivity index (χ1v) is 9.26. The van der Waals surface area contributed by atoms with Crippen molar-refractivity contribution in [3.8, 4) is 11.1 Å². The van der Waals surface area contributed by atoms with Gasteiger partial charge in [0, 0.05) is 11.3 Å². The van der Waals surface area contributed by atoms with Gasteiger partial charge in [-0.3, -0.25) is 4.79 Å². The Morgan fingerprint density at radius 3 is 2.17 bits per heavy atom. The number of carboxylic acid groups (broad SMARTS) is 1. The van der Waals surface area contributed by atoms with Crippen LogP contribution in [0.4, 0.5) is 5.69 Å². The number of benzene rings is 4. The minimum absolute atomic E-state index is 0.177. The van der Waals surface area contributed by atoms with Crippen molar-refractivity contribution in [3.63, 3.8) is 0 Å². The molecule has 2 N–H and O–H groups in total. The Labute approximate surface area is 168 Å². The monoisotopic (exact) mass is 381 g/mol. The molecule has 4 rings (SSSR count). The summed E-state index contributed by atoms with van der Waals surface area (Å²) in [5, 5.41) is 13.9. The molecular formula is C25H19NO3. The van der Waals surface area contributed by atoms with Gasteiger partial charge in [0.05, 0.1) is 5.56 Å². The van der Waals surface area contributed by atoms with Crippen molar-refractivity contribution in [2.45, 2.75) is 6.92 Å². The van der Waals surface area contributed by atoms with Crippen molar-refractivity contribution in [1.29, 1.82) is 0 Å². The number of hydrogen-bond donors (Lipinski definition) is 2. The summed E-state index contributed by atoms with van der Waals surface area (Å²) in [5.41, 5.74) is 4.64. The summed E-state index contributed by atoms with van der Waals surface area (Å²) in [6, 6.07) is 26.1. The SMILES string of the molecule is Cc1ccc(-c2cccc3ccc(C(=O)Nc4ccc(C(=O)O)cc4)cc23)cc1. The number of fused-ring (bicyclic) bond motifs is 1. The molecule has 1 amide bonds. The van der Waals surface area contributed by atoms with Crippen molar-refractivity contribution < 1.29 is 14.7 Å². The molecule has 0 saturated carbocycles. The van der Waals surface area contributed by atoms with Gasteiger partial charge in [-0.1, -0.05) is 54.1 Å². The summed E-state index contributed by atoms with van der Waals surface area (Å²) in [6.07, 6.45) is 0. The molecule has 4 heteroatoms. The lowest BCUT2D eigenvalue weighted by Gasteiger charge is -2.10. The standard InChI is InChI=1S/C25H19NO3/c1-16-5-7-18(8-6-16)22-4-2-3-17-9-10-20(15-23(17)22)24(27)26-21-13-11-19(12-14-21)25(28)29/h2-15H,1H3,(H,26,27)(H,28,29). The molecule has 0 heterocycles. The van der Waals surface area contributed by atoms with Crippen LogP contribution in [0.5, 0.6) is 0 Å². The van der Waals surface area contributed by atoms with Gasteiger partial charge in [-0.15, -0.1) is 0 Å². The van der Waals surface area contributed by atoms with Crippen LogP contribution < -0.4 is 5.32 Å². The number of hydrogen-bond acceptors (Lipinski definition) is 2. The highest BCUT2D eigenvalue weighted by Crippen LogP contribution is 2.30. The van der Waals surface area contributed by atoms with Crippen LogP contribution in [-0.2, 0) is 0 Å². The van der Waals surface area contributed by atoms with Crippen molar-refractivity contribution in [1.82, 2.24) is 0 Å². The summed E-state index contributed by atoms with van der Waals surface area (Å²) in [4.78, 5) is 23.7. The molecule has 4 aromatic carbocycles. The summed E-state index contributed by atoms with van der Waals surface area (Å²) >= 11 is 0. The first-order valence-electron chi connectivity index (χ1n) is 9.26. The molecular weight excluding hydrogens is 362 g/mol. The molecule has 0 aliphatic heterocycles. The molecule has 0 atom stereocenters. The van der Waals surface area contributed by atoms with E-state index in [2.05, 4.69) is 42.6 Å². The number of aryl methyl sites for hydroxylation is 1. The third kappa shape index (κ3) is 3.87. The van der Waals surface area contributed by atoms with Crippen LogP contribution in [0.15, 0.2) is 84.9 Å². The second kappa shape index (κ2) is 7.60. The zero-order valence-electron chi connectivity index (χ0n) is 15.8. The molecule has 0 bridgehead atoms. The number of carbonyl (C=O) groups is 2. The quantitative estimate of drug-likeness (QED) is 0.472. The number of carbonyl (C=O) groups excluding carboxylic acids is 1. The first-order chi connectivity index (χ1) is 14.0. The molecule has 0 unspecified atom stereocenters. The lowest BCUT2D eigenvalue weighted by molar-refractivity contribution is 0.0696. The molecule has 142 valence electrons. The summed E-state index contributed by atoms with van der Waals surface area (Å²) < 4.78 is 0. The molecule has 0 saturated heterocycles. The second-order valence-electron chi connectivity index (χ2n) is 6.94. The Balaban J connectivity index is 1.67. The molecule has 0 radical (unpaired) electrons. The third-order valence-electron chi connectivity index (χ3n) is 4.90. The Morgan fingerprint density at radius 1 is 0.793 bits per heavy atom. The maximum absolute atomic E-state index is 12.7. The van der Waals surface area contributed by atoms with Gasteiger partial charge in [0.25, 0.3) is 5.91 Å². The van der Waals surface area contributed by atoms with Gasteiger partial charge in [0.2, 0.25) is 0 Å². The molecule has 0 aliphatic carbocycles. The fourth-order valence-corrected chi connectivity index (χ4v) is 3.30. The maximum Gasteiger partial charge on any atom is 0.335 e. The summed E-state index contributed by atoms with van der Waals surface area (Å²) in [7, 11) is 0. The number of nitrogens with one attached hydrogen (secondary N) is 1. The van der Waals surface area contributed by atoms with Crippen LogP contribution in [0.3, 0.4) is 0 Å². The molecule has 0 aromatic heterocycles. The van der Waals surface area contributed by atoms with E-state index in [0.717, 1.165) is 21.9 Å². The van der Waals surface area contributed by atoms with Crippen molar-refractivity contribution >= 4 is 28.3 Å². The molecule has 29 heavy (non-hydrogen) atoms. The maximum atomic E-state index is 12.7. The van der Waals surface area contributed by atoms with Crippen molar-refractivity contribution in [2.75, 3.05) is 5.32 Å². The highest BCUT2D eigenvalue weighted by atomic mass is 16.4. The van der Waals surface area contributed by atoms with Crippen LogP contribution >= 0.6 is 0 Å². The topological polar surface area (TPSA) is 66.4 Å². The van der Waals surface area contributed by atoms with Crippen LogP contribution in [-0.4, -0.2) is 17.0 Å². The van der Waals surface area contributed by atoms with E-state index in [9.17, 15) is 9.59 Å². The van der Waals surface area contributed by atoms with E-state index in [1.165, 1.54) is 17.7 Å². The van der Waals surface area contributed by atoms with Gasteiger partial charge in [0.1, 0.15) is 0 Å². The predicted molar refractivity (Wildman–Crippen MR) is 115 cm³/mol. The second-order valence-corrected chi connectivity index (χ2v) is 6.94. The fourth-order valence-electron chi connectivity index (χ4n) is 3.30. The largest absolute Gasteiger partial charge is 0.478 e. The highest BCUT2D eigenvalue weighted by Gasteiger charge is 2.11. The van der Waals surface area contributed by atoms with E-state index < -0.39 is 5.97 Å². The average Bonchev–Trinajstić information content (AvgIpc) is 2.74. The Bertz CT molecular complexity index is 1210. The van der Waals surface area contributed by atoms with Gasteiger partial charge < -0.3 is 10.4 Å². The minimum atomic E-state index is -0.999. The van der Waals surface area contributed by atoms with Gasteiger partial charge in [0.15, 0.2) is 0 Å². The van der Waals surface area contributed by atoms with Crippen molar-refractivity contribution in [3.05, 3.63) is 102 Å². The molecule has 0 fully saturated rings. The third-order valence-corrected chi connectivity index (χ3v) is 4.90. The molecule has 0 spiro atoms. The molecule has 0 aliphatic rings. The number of aromatic carboxylic acids is 1. The summed E-state index contributed by atoms with van der Waals surface area (Å²) in [6.45, 7) is 2.05. The Kier molecular flexibility index (Phi) is 4.83. The fraction of sp³-hybridized carbons (Fsp3) is 0.0400. The van der Waals surface area contributed by atoms with Gasteiger partial charge >= 0.3 is 5.97 Å². The smallest absolute Gasteiger partial charge is 0.335 e. The normalized spacial score (nSPS) is 10.7. The van der Waals surface area contributed by atoms with Crippen LogP contribution in [0, 0.1) is 6.92 Å². The zero-order valence-corrected chi connectivity index (χ0v) is 15.8. The van der Waals surface area contributed by atoms with Crippen LogP contribution in [0.2, 0.25) is 0 Å². The lowest BCUT2D eigenvalue weighted by Crippen LogP contribution is -2.12.